The van der Waals surface area contributed by atoms with E-state index < -0.39 is 0 Å². The van der Waals surface area contributed by atoms with Crippen LogP contribution >= 0.6 is 0 Å². The third-order valence-corrected chi connectivity index (χ3v) is 4.40. The van der Waals surface area contributed by atoms with Crippen LogP contribution in [-0.4, -0.2) is 5.91 Å². The van der Waals surface area contributed by atoms with E-state index in [-0.39, 0.29) is 5.91 Å². The smallest absolute Gasteiger partial charge is 0.221 e. The Hall–Kier alpha value is -2.09. The summed E-state index contributed by atoms with van der Waals surface area (Å²) in [6.07, 6.45) is 2.51. The van der Waals surface area contributed by atoms with E-state index >= 15 is 0 Å². The van der Waals surface area contributed by atoms with Crippen LogP contribution in [0, 0.1) is 6.92 Å². The maximum absolute atomic E-state index is 11.1. The second-order valence-corrected chi connectivity index (χ2v) is 6.01. The third-order valence-electron chi connectivity index (χ3n) is 4.40. The highest BCUT2D eigenvalue weighted by atomic mass is 16.1. The van der Waals surface area contributed by atoms with Crippen molar-refractivity contribution in [2.75, 3.05) is 5.32 Å². The summed E-state index contributed by atoms with van der Waals surface area (Å²) < 4.78 is 0. The number of hydrogen-bond acceptors (Lipinski definition) is 1. The summed E-state index contributed by atoms with van der Waals surface area (Å²) in [6.45, 7) is 3.69. The first-order valence-electron chi connectivity index (χ1n) is 7.57. The molecule has 1 fully saturated rings. The van der Waals surface area contributed by atoms with Gasteiger partial charge < -0.3 is 5.32 Å². The first-order valence-corrected chi connectivity index (χ1v) is 7.57. The molecule has 1 N–H and O–H groups in total. The minimum atomic E-state index is -0.0240. The second kappa shape index (κ2) is 5.72. The minimum absolute atomic E-state index is 0.0240. The second-order valence-electron chi connectivity index (χ2n) is 6.01. The molecule has 108 valence electrons. The molecule has 0 radical (unpaired) electrons. The van der Waals surface area contributed by atoms with Crippen LogP contribution in [0.25, 0.3) is 0 Å². The van der Waals surface area contributed by atoms with Gasteiger partial charge in [-0.15, -0.1) is 0 Å². The lowest BCUT2D eigenvalue weighted by Gasteiger charge is -2.37. The van der Waals surface area contributed by atoms with E-state index in [0.717, 1.165) is 5.69 Å². The van der Waals surface area contributed by atoms with Crippen molar-refractivity contribution in [1.82, 2.24) is 0 Å². The summed E-state index contributed by atoms with van der Waals surface area (Å²) in [7, 11) is 0. The molecule has 2 aromatic carbocycles. The number of amides is 1. The predicted molar refractivity (Wildman–Crippen MR) is 86.6 cm³/mol. The Bertz CT molecular complexity index is 645. The zero-order chi connectivity index (χ0) is 14.8. The standard InChI is InChI=1S/C19H21NO/c1-13-4-3-5-16(12-13)19-11-10-18(19)15-6-8-17(9-7-15)20-14(2)21/h3-9,12,18-19H,10-11H2,1-2H3,(H,20,21). The van der Waals surface area contributed by atoms with Gasteiger partial charge in [0, 0.05) is 12.6 Å². The highest BCUT2D eigenvalue weighted by Crippen LogP contribution is 2.49. The van der Waals surface area contributed by atoms with Crippen molar-refractivity contribution < 1.29 is 4.79 Å². The van der Waals surface area contributed by atoms with Crippen LogP contribution in [0.3, 0.4) is 0 Å². The van der Waals surface area contributed by atoms with Crippen molar-refractivity contribution in [2.45, 2.75) is 38.5 Å². The monoisotopic (exact) mass is 279 g/mol. The fourth-order valence-electron chi connectivity index (χ4n) is 3.22. The van der Waals surface area contributed by atoms with Crippen molar-refractivity contribution >= 4 is 11.6 Å². The largest absolute Gasteiger partial charge is 0.326 e. The van der Waals surface area contributed by atoms with Gasteiger partial charge in [0.25, 0.3) is 0 Å². The fourth-order valence-corrected chi connectivity index (χ4v) is 3.22. The van der Waals surface area contributed by atoms with Crippen molar-refractivity contribution in [3.8, 4) is 0 Å². The molecule has 2 heteroatoms. The van der Waals surface area contributed by atoms with Crippen LogP contribution in [0.15, 0.2) is 48.5 Å². The molecule has 0 heterocycles. The zero-order valence-electron chi connectivity index (χ0n) is 12.6. The highest BCUT2D eigenvalue weighted by molar-refractivity contribution is 5.88. The molecule has 0 spiro atoms. The molecule has 2 atom stereocenters. The van der Waals surface area contributed by atoms with Gasteiger partial charge in [0.05, 0.1) is 0 Å². The Morgan fingerprint density at radius 1 is 1.00 bits per heavy atom. The van der Waals surface area contributed by atoms with Gasteiger partial charge in [-0.2, -0.15) is 0 Å². The van der Waals surface area contributed by atoms with Crippen LogP contribution in [0.2, 0.25) is 0 Å². The molecule has 21 heavy (non-hydrogen) atoms. The van der Waals surface area contributed by atoms with Gasteiger partial charge >= 0.3 is 0 Å². The number of carbonyl (C=O) groups is 1. The first kappa shape index (κ1) is 13.9. The highest BCUT2D eigenvalue weighted by Gasteiger charge is 2.33. The Labute approximate surface area is 126 Å². The summed E-state index contributed by atoms with van der Waals surface area (Å²) in [5, 5.41) is 2.82. The molecule has 2 unspecified atom stereocenters. The van der Waals surface area contributed by atoms with E-state index in [0.29, 0.717) is 11.8 Å². The Balaban J connectivity index is 1.76. The van der Waals surface area contributed by atoms with E-state index in [1.54, 1.807) is 0 Å². The number of aryl methyl sites for hydroxylation is 1. The normalized spacial score (nSPS) is 20.7. The van der Waals surface area contributed by atoms with Crippen molar-refractivity contribution in [2.24, 2.45) is 0 Å². The molecule has 1 aliphatic rings. The number of carbonyl (C=O) groups excluding carboxylic acids is 1. The quantitative estimate of drug-likeness (QED) is 0.873. The molecule has 2 aromatic rings. The average Bonchev–Trinajstić information content (AvgIpc) is 2.39. The van der Waals surface area contributed by atoms with Crippen molar-refractivity contribution in [1.29, 1.82) is 0 Å². The van der Waals surface area contributed by atoms with Crippen LogP contribution in [-0.2, 0) is 4.79 Å². The molecule has 3 rings (SSSR count). The van der Waals surface area contributed by atoms with Gasteiger partial charge in [0.1, 0.15) is 0 Å². The summed E-state index contributed by atoms with van der Waals surface area (Å²) in [5.74, 6) is 1.22. The van der Waals surface area contributed by atoms with Gasteiger partial charge in [0.15, 0.2) is 0 Å². The molecule has 0 aromatic heterocycles. The van der Waals surface area contributed by atoms with E-state index in [4.69, 9.17) is 0 Å². The first-order chi connectivity index (χ1) is 10.1. The average molecular weight is 279 g/mol. The number of anilines is 1. The SMILES string of the molecule is CC(=O)Nc1ccc(C2CCC2c2cccc(C)c2)cc1. The molecule has 0 aliphatic heterocycles. The van der Waals surface area contributed by atoms with Gasteiger partial charge in [-0.05, 0) is 54.9 Å². The Morgan fingerprint density at radius 2 is 1.67 bits per heavy atom. The van der Waals surface area contributed by atoms with E-state index in [9.17, 15) is 4.79 Å². The number of nitrogens with one attached hydrogen (secondary N) is 1. The predicted octanol–water partition coefficient (Wildman–Crippen LogP) is 4.61. The molecule has 0 saturated heterocycles. The summed E-state index contributed by atoms with van der Waals surface area (Å²) in [5.41, 5.74) is 5.04. The maximum Gasteiger partial charge on any atom is 0.221 e. The molecule has 1 amide bonds. The number of benzene rings is 2. The van der Waals surface area contributed by atoms with Gasteiger partial charge in [-0.3, -0.25) is 4.79 Å². The van der Waals surface area contributed by atoms with Crippen LogP contribution in [0.5, 0.6) is 0 Å². The van der Waals surface area contributed by atoms with Crippen LogP contribution < -0.4 is 5.32 Å². The number of rotatable bonds is 3. The van der Waals surface area contributed by atoms with E-state index in [2.05, 4.69) is 48.6 Å². The van der Waals surface area contributed by atoms with Gasteiger partial charge in [-0.25, -0.2) is 0 Å². The van der Waals surface area contributed by atoms with Gasteiger partial charge in [0.2, 0.25) is 5.91 Å². The van der Waals surface area contributed by atoms with Gasteiger partial charge in [-0.1, -0.05) is 42.0 Å². The number of hydrogen-bond donors (Lipinski definition) is 1. The molecular weight excluding hydrogens is 258 g/mol. The lowest BCUT2D eigenvalue weighted by Crippen LogP contribution is -2.21. The summed E-state index contributed by atoms with van der Waals surface area (Å²) in [4.78, 5) is 11.1. The molecule has 1 saturated carbocycles. The van der Waals surface area contributed by atoms with Crippen LogP contribution in [0.1, 0.15) is 48.3 Å². The Morgan fingerprint density at radius 3 is 2.24 bits per heavy atom. The van der Waals surface area contributed by atoms with E-state index in [1.165, 1.54) is 36.5 Å². The third kappa shape index (κ3) is 2.99. The topological polar surface area (TPSA) is 29.1 Å². The summed E-state index contributed by atoms with van der Waals surface area (Å²) >= 11 is 0. The van der Waals surface area contributed by atoms with Crippen molar-refractivity contribution in [3.05, 3.63) is 65.2 Å². The van der Waals surface area contributed by atoms with Crippen molar-refractivity contribution in [3.63, 3.8) is 0 Å². The minimum Gasteiger partial charge on any atom is -0.326 e. The molecule has 1 aliphatic carbocycles. The van der Waals surface area contributed by atoms with Crippen LogP contribution in [0.4, 0.5) is 5.69 Å². The lowest BCUT2D eigenvalue weighted by atomic mass is 9.67. The zero-order valence-corrected chi connectivity index (χ0v) is 12.6. The maximum atomic E-state index is 11.1. The lowest BCUT2D eigenvalue weighted by molar-refractivity contribution is -0.114. The van der Waals surface area contributed by atoms with E-state index in [1.807, 2.05) is 12.1 Å². The molecule has 0 bridgehead atoms. The molecular formula is C19H21NO. The summed E-state index contributed by atoms with van der Waals surface area (Å²) in [6, 6.07) is 17.2. The Kier molecular flexibility index (Phi) is 3.78. The fraction of sp³-hybridized carbons (Fsp3) is 0.316. The molecule has 2 nitrogen and oxygen atoms in total.